The second-order valence-corrected chi connectivity index (χ2v) is 4.47. The second-order valence-electron chi connectivity index (χ2n) is 4.47. The van der Waals surface area contributed by atoms with Gasteiger partial charge < -0.3 is 10.0 Å². The van der Waals surface area contributed by atoms with Gasteiger partial charge in [-0.25, -0.2) is 4.39 Å². The Morgan fingerprint density at radius 3 is 2.94 bits per heavy atom. The van der Waals surface area contributed by atoms with Crippen LogP contribution >= 0.6 is 0 Å². The van der Waals surface area contributed by atoms with E-state index in [0.29, 0.717) is 25.9 Å². The highest BCUT2D eigenvalue weighted by atomic mass is 19.1. The predicted molar refractivity (Wildman–Crippen MR) is 61.9 cm³/mol. The minimum absolute atomic E-state index is 0.0577. The molecule has 1 saturated heterocycles. The normalized spacial score (nSPS) is 20.0. The summed E-state index contributed by atoms with van der Waals surface area (Å²) < 4.78 is 12.9. The predicted octanol–water partition coefficient (Wildman–Crippen LogP) is 1.21. The lowest BCUT2D eigenvalue weighted by molar-refractivity contribution is -0.127. The molecule has 0 bridgehead atoms. The Morgan fingerprint density at radius 1 is 1.47 bits per heavy atom. The topological polar surface area (TPSA) is 40.5 Å². The van der Waals surface area contributed by atoms with E-state index in [1.807, 2.05) is 6.07 Å². The minimum atomic E-state index is -0.247. The van der Waals surface area contributed by atoms with Crippen LogP contribution in [-0.2, 0) is 11.2 Å². The fourth-order valence-electron chi connectivity index (χ4n) is 2.15. The molecule has 1 aliphatic rings. The molecule has 1 aromatic carbocycles. The quantitative estimate of drug-likeness (QED) is 0.855. The molecule has 1 fully saturated rings. The number of rotatable bonds is 4. The molecule has 92 valence electrons. The first-order valence-electron chi connectivity index (χ1n) is 5.82. The Kier molecular flexibility index (Phi) is 3.74. The smallest absolute Gasteiger partial charge is 0.223 e. The van der Waals surface area contributed by atoms with Gasteiger partial charge in [-0.2, -0.15) is 0 Å². The average Bonchev–Trinajstić information content (AvgIpc) is 2.68. The van der Waals surface area contributed by atoms with Gasteiger partial charge in [-0.3, -0.25) is 4.79 Å². The fraction of sp³-hybridized carbons (Fsp3) is 0.462. The Balaban J connectivity index is 1.88. The maximum Gasteiger partial charge on any atom is 0.223 e. The maximum atomic E-state index is 12.9. The van der Waals surface area contributed by atoms with Crippen molar-refractivity contribution in [1.29, 1.82) is 0 Å². The number of aliphatic hydroxyl groups is 1. The number of hydrogen-bond acceptors (Lipinski definition) is 2. The number of likely N-dealkylation sites (tertiary alicyclic amines) is 1. The minimum Gasteiger partial charge on any atom is -0.396 e. The molecule has 1 amide bonds. The van der Waals surface area contributed by atoms with Crippen molar-refractivity contribution in [2.45, 2.75) is 12.8 Å². The number of halogens is 1. The molecule has 1 aromatic rings. The van der Waals surface area contributed by atoms with Gasteiger partial charge in [0, 0.05) is 32.0 Å². The highest BCUT2D eigenvalue weighted by Crippen LogP contribution is 2.17. The van der Waals surface area contributed by atoms with E-state index in [1.54, 1.807) is 11.0 Å². The third kappa shape index (κ3) is 3.03. The summed E-state index contributed by atoms with van der Waals surface area (Å²) in [6, 6.07) is 6.43. The van der Waals surface area contributed by atoms with E-state index >= 15 is 0 Å². The summed E-state index contributed by atoms with van der Waals surface area (Å²) in [5.41, 5.74) is 0.894. The Hall–Kier alpha value is -1.42. The highest BCUT2D eigenvalue weighted by molar-refractivity contribution is 5.78. The summed E-state index contributed by atoms with van der Waals surface area (Å²) in [5, 5.41) is 8.99. The third-order valence-corrected chi connectivity index (χ3v) is 3.11. The van der Waals surface area contributed by atoms with Crippen LogP contribution in [-0.4, -0.2) is 35.6 Å². The lowest BCUT2D eigenvalue weighted by atomic mass is 10.1. The van der Waals surface area contributed by atoms with Gasteiger partial charge in [0.15, 0.2) is 0 Å². The van der Waals surface area contributed by atoms with Crippen molar-refractivity contribution in [1.82, 2.24) is 4.90 Å². The SMILES string of the molecule is O=C1CC(CO)CN1CCc1cccc(F)c1. The molecule has 17 heavy (non-hydrogen) atoms. The van der Waals surface area contributed by atoms with Gasteiger partial charge in [-0.15, -0.1) is 0 Å². The van der Waals surface area contributed by atoms with E-state index in [0.717, 1.165) is 5.56 Å². The van der Waals surface area contributed by atoms with Crippen molar-refractivity contribution in [3.63, 3.8) is 0 Å². The van der Waals surface area contributed by atoms with E-state index in [4.69, 9.17) is 5.11 Å². The number of amides is 1. The molecule has 1 heterocycles. The Labute approximate surface area is 99.9 Å². The number of nitrogens with zero attached hydrogens (tertiary/aromatic N) is 1. The summed E-state index contributed by atoms with van der Waals surface area (Å²) in [6.07, 6.45) is 1.08. The fourth-order valence-corrected chi connectivity index (χ4v) is 2.15. The molecular weight excluding hydrogens is 221 g/mol. The van der Waals surface area contributed by atoms with Gasteiger partial charge in [0.1, 0.15) is 5.82 Å². The zero-order valence-corrected chi connectivity index (χ0v) is 9.60. The van der Waals surface area contributed by atoms with Crippen LogP contribution in [0.4, 0.5) is 4.39 Å². The summed E-state index contributed by atoms with van der Waals surface area (Å²) in [7, 11) is 0. The van der Waals surface area contributed by atoms with Crippen molar-refractivity contribution >= 4 is 5.91 Å². The van der Waals surface area contributed by atoms with Crippen molar-refractivity contribution in [3.05, 3.63) is 35.6 Å². The van der Waals surface area contributed by atoms with Crippen LogP contribution < -0.4 is 0 Å². The molecular formula is C13H16FNO2. The lowest BCUT2D eigenvalue weighted by Gasteiger charge is -2.16. The first-order chi connectivity index (χ1) is 8.19. The number of hydrogen-bond donors (Lipinski definition) is 1. The molecule has 1 N–H and O–H groups in total. The van der Waals surface area contributed by atoms with Crippen molar-refractivity contribution < 1.29 is 14.3 Å². The van der Waals surface area contributed by atoms with Crippen molar-refractivity contribution in [2.24, 2.45) is 5.92 Å². The molecule has 0 spiro atoms. The van der Waals surface area contributed by atoms with Gasteiger partial charge >= 0.3 is 0 Å². The number of carbonyl (C=O) groups excluding carboxylic acids is 1. The third-order valence-electron chi connectivity index (χ3n) is 3.11. The molecule has 0 saturated carbocycles. The van der Waals surface area contributed by atoms with E-state index < -0.39 is 0 Å². The largest absolute Gasteiger partial charge is 0.396 e. The summed E-state index contributed by atoms with van der Waals surface area (Å²) >= 11 is 0. The molecule has 1 atom stereocenters. The van der Waals surface area contributed by atoms with Crippen molar-refractivity contribution in [2.75, 3.05) is 19.7 Å². The summed E-state index contributed by atoms with van der Waals surface area (Å²) in [4.78, 5) is 13.3. The monoisotopic (exact) mass is 237 g/mol. The first-order valence-corrected chi connectivity index (χ1v) is 5.82. The van der Waals surface area contributed by atoms with E-state index in [9.17, 15) is 9.18 Å². The van der Waals surface area contributed by atoms with Crippen LogP contribution in [0, 0.1) is 11.7 Å². The molecule has 0 aromatic heterocycles. The van der Waals surface area contributed by atoms with E-state index in [1.165, 1.54) is 12.1 Å². The zero-order valence-electron chi connectivity index (χ0n) is 9.60. The molecule has 2 rings (SSSR count). The molecule has 4 heteroatoms. The summed E-state index contributed by atoms with van der Waals surface area (Å²) in [6.45, 7) is 1.27. The molecule has 1 aliphatic heterocycles. The average molecular weight is 237 g/mol. The van der Waals surface area contributed by atoms with Gasteiger partial charge in [0.25, 0.3) is 0 Å². The van der Waals surface area contributed by atoms with Crippen LogP contribution in [0.15, 0.2) is 24.3 Å². The lowest BCUT2D eigenvalue weighted by Crippen LogP contribution is -2.27. The number of aliphatic hydroxyl groups excluding tert-OH is 1. The van der Waals surface area contributed by atoms with Gasteiger partial charge in [0.2, 0.25) is 5.91 Å². The zero-order chi connectivity index (χ0) is 12.3. The van der Waals surface area contributed by atoms with Gasteiger partial charge in [-0.1, -0.05) is 12.1 Å². The summed E-state index contributed by atoms with van der Waals surface area (Å²) in [5.74, 6) is -0.0982. The van der Waals surface area contributed by atoms with Crippen LogP contribution in [0.25, 0.3) is 0 Å². The standard InChI is InChI=1S/C13H16FNO2/c14-12-3-1-2-10(6-12)4-5-15-8-11(9-16)7-13(15)17/h1-3,6,11,16H,4-5,7-9H2. The first kappa shape index (κ1) is 12.0. The van der Waals surface area contributed by atoms with Crippen LogP contribution in [0.1, 0.15) is 12.0 Å². The second kappa shape index (κ2) is 5.27. The molecule has 3 nitrogen and oxygen atoms in total. The van der Waals surface area contributed by atoms with Crippen molar-refractivity contribution in [3.8, 4) is 0 Å². The maximum absolute atomic E-state index is 12.9. The van der Waals surface area contributed by atoms with Crippen LogP contribution in [0.2, 0.25) is 0 Å². The number of carbonyl (C=O) groups is 1. The van der Waals surface area contributed by atoms with Crippen LogP contribution in [0.5, 0.6) is 0 Å². The molecule has 0 radical (unpaired) electrons. The highest BCUT2D eigenvalue weighted by Gasteiger charge is 2.28. The van der Waals surface area contributed by atoms with Gasteiger partial charge in [0.05, 0.1) is 0 Å². The van der Waals surface area contributed by atoms with Gasteiger partial charge in [-0.05, 0) is 24.1 Å². The van der Waals surface area contributed by atoms with E-state index in [-0.39, 0.29) is 24.2 Å². The molecule has 0 aliphatic carbocycles. The molecule has 1 unspecified atom stereocenters. The van der Waals surface area contributed by atoms with Crippen LogP contribution in [0.3, 0.4) is 0 Å². The Bertz CT molecular complexity index is 408. The van der Waals surface area contributed by atoms with E-state index in [2.05, 4.69) is 0 Å². The number of benzene rings is 1. The Morgan fingerprint density at radius 2 is 2.29 bits per heavy atom.